The number of aliphatic carboxylic acids is 1. The minimum absolute atomic E-state index is 0.0559. The second kappa shape index (κ2) is 7.21. The van der Waals surface area contributed by atoms with Gasteiger partial charge in [-0.25, -0.2) is 4.39 Å². The van der Waals surface area contributed by atoms with E-state index in [2.05, 4.69) is 21.2 Å². The highest BCUT2D eigenvalue weighted by Gasteiger charge is 2.35. The molecule has 2 aliphatic rings. The maximum absolute atomic E-state index is 13.3. The van der Waals surface area contributed by atoms with E-state index >= 15 is 0 Å². The number of hydrogen-bond donors (Lipinski definition) is 2. The van der Waals surface area contributed by atoms with Gasteiger partial charge in [0.05, 0.1) is 10.4 Å². The van der Waals surface area contributed by atoms with Gasteiger partial charge in [-0.1, -0.05) is 6.07 Å². The average Bonchev–Trinajstić information content (AvgIpc) is 2.53. The van der Waals surface area contributed by atoms with E-state index in [4.69, 9.17) is 5.11 Å². The molecule has 2 saturated carbocycles. The summed E-state index contributed by atoms with van der Waals surface area (Å²) in [5.74, 6) is -0.947. The van der Waals surface area contributed by atoms with Crippen molar-refractivity contribution in [2.45, 2.75) is 50.5 Å². The van der Waals surface area contributed by atoms with Crippen LogP contribution in [-0.2, 0) is 9.59 Å². The molecule has 2 aliphatic carbocycles. The van der Waals surface area contributed by atoms with E-state index in [0.717, 1.165) is 18.4 Å². The predicted octanol–water partition coefficient (Wildman–Crippen LogP) is 3.84. The van der Waals surface area contributed by atoms with Gasteiger partial charge < -0.3 is 10.4 Å². The molecule has 6 heteroatoms. The zero-order chi connectivity index (χ0) is 17.3. The first-order valence-corrected chi connectivity index (χ1v) is 9.21. The number of amides is 1. The fraction of sp³-hybridized carbons (Fsp3) is 0.556. The van der Waals surface area contributed by atoms with Crippen LogP contribution in [0.2, 0.25) is 0 Å². The third-order valence-electron chi connectivity index (χ3n) is 5.35. The van der Waals surface area contributed by atoms with E-state index in [1.807, 2.05) is 6.07 Å². The van der Waals surface area contributed by atoms with E-state index in [1.165, 1.54) is 6.07 Å². The van der Waals surface area contributed by atoms with Crippen molar-refractivity contribution in [3.63, 3.8) is 0 Å². The summed E-state index contributed by atoms with van der Waals surface area (Å²) < 4.78 is 13.8. The number of hydrogen-bond acceptors (Lipinski definition) is 2. The van der Waals surface area contributed by atoms with Gasteiger partial charge in [-0.15, -0.1) is 0 Å². The first-order valence-electron chi connectivity index (χ1n) is 8.42. The molecule has 0 spiro atoms. The number of carboxylic acid groups (broad SMARTS) is 1. The van der Waals surface area contributed by atoms with Crippen LogP contribution in [0.3, 0.4) is 0 Å². The van der Waals surface area contributed by atoms with Crippen LogP contribution in [0, 0.1) is 17.7 Å². The van der Waals surface area contributed by atoms with Crippen LogP contribution >= 0.6 is 15.9 Å². The van der Waals surface area contributed by atoms with Gasteiger partial charge in [0.2, 0.25) is 5.91 Å². The fourth-order valence-corrected chi connectivity index (χ4v) is 4.09. The van der Waals surface area contributed by atoms with E-state index in [0.29, 0.717) is 36.1 Å². The van der Waals surface area contributed by atoms with Crippen LogP contribution in [0.4, 0.5) is 4.39 Å². The third kappa shape index (κ3) is 3.79. The molecule has 0 aliphatic heterocycles. The molecule has 2 N–H and O–H groups in total. The number of halogens is 2. The van der Waals surface area contributed by atoms with Crippen molar-refractivity contribution in [1.82, 2.24) is 5.32 Å². The van der Waals surface area contributed by atoms with Crippen molar-refractivity contribution in [2.75, 3.05) is 0 Å². The van der Waals surface area contributed by atoms with Crippen molar-refractivity contribution in [3.05, 3.63) is 34.1 Å². The monoisotopic (exact) mass is 397 g/mol. The molecule has 0 heterocycles. The van der Waals surface area contributed by atoms with Crippen LogP contribution in [0.1, 0.15) is 50.0 Å². The summed E-state index contributed by atoms with van der Waals surface area (Å²) in [4.78, 5) is 23.3. The summed E-state index contributed by atoms with van der Waals surface area (Å²) in [6.07, 6.45) is 4.23. The van der Waals surface area contributed by atoms with Crippen LogP contribution in [0.25, 0.3) is 0 Å². The number of carbonyl (C=O) groups is 2. The highest BCUT2D eigenvalue weighted by Crippen LogP contribution is 2.38. The molecular formula is C18H21BrFNO3. The quantitative estimate of drug-likeness (QED) is 0.810. The predicted molar refractivity (Wildman–Crippen MR) is 91.1 cm³/mol. The summed E-state index contributed by atoms with van der Waals surface area (Å²) in [6, 6.07) is 5.25. The van der Waals surface area contributed by atoms with Crippen LogP contribution < -0.4 is 5.32 Å². The average molecular weight is 398 g/mol. The second-order valence-corrected chi connectivity index (χ2v) is 7.79. The highest BCUT2D eigenvalue weighted by molar-refractivity contribution is 9.10. The van der Waals surface area contributed by atoms with Gasteiger partial charge in [-0.3, -0.25) is 9.59 Å². The molecule has 130 valence electrons. The molecule has 0 radical (unpaired) electrons. The minimum Gasteiger partial charge on any atom is -0.481 e. The molecule has 0 unspecified atom stereocenters. The standard InChI is InChI=1S/C18H21BrFNO3/c19-15-9-12(5-6-16(15)20)13-7-14(8-13)21-17(22)10-1-3-11(4-2-10)18(23)24/h5-6,9-11,13-14H,1-4,7-8H2,(H,21,22)(H,23,24). The van der Waals surface area contributed by atoms with Gasteiger partial charge in [0.15, 0.2) is 0 Å². The van der Waals surface area contributed by atoms with Crippen molar-refractivity contribution in [3.8, 4) is 0 Å². The third-order valence-corrected chi connectivity index (χ3v) is 5.95. The molecule has 1 aromatic rings. The Morgan fingerprint density at radius 2 is 1.75 bits per heavy atom. The lowest BCUT2D eigenvalue weighted by atomic mass is 9.75. The van der Waals surface area contributed by atoms with Gasteiger partial charge in [-0.05, 0) is 78.1 Å². The SMILES string of the molecule is O=C(O)C1CCC(C(=O)NC2CC(c3ccc(F)c(Br)c3)C2)CC1. The van der Waals surface area contributed by atoms with Crippen molar-refractivity contribution < 1.29 is 19.1 Å². The summed E-state index contributed by atoms with van der Waals surface area (Å²) in [5.41, 5.74) is 1.09. The number of nitrogens with one attached hydrogen (secondary N) is 1. The van der Waals surface area contributed by atoms with Gasteiger partial charge >= 0.3 is 5.97 Å². The first-order chi connectivity index (χ1) is 11.4. The molecule has 0 bridgehead atoms. The van der Waals surface area contributed by atoms with E-state index in [9.17, 15) is 14.0 Å². The van der Waals surface area contributed by atoms with E-state index < -0.39 is 5.97 Å². The Labute approximate surface area is 148 Å². The van der Waals surface area contributed by atoms with Crippen molar-refractivity contribution >= 4 is 27.8 Å². The van der Waals surface area contributed by atoms with Gasteiger partial charge in [0.25, 0.3) is 0 Å². The highest BCUT2D eigenvalue weighted by atomic mass is 79.9. The second-order valence-electron chi connectivity index (χ2n) is 6.93. The Morgan fingerprint density at radius 3 is 2.33 bits per heavy atom. The molecule has 0 atom stereocenters. The Bertz CT molecular complexity index is 637. The van der Waals surface area contributed by atoms with E-state index in [1.54, 1.807) is 6.07 Å². The summed E-state index contributed by atoms with van der Waals surface area (Å²) in [5, 5.41) is 12.1. The molecule has 24 heavy (non-hydrogen) atoms. The molecular weight excluding hydrogens is 377 g/mol. The lowest BCUT2D eigenvalue weighted by Crippen LogP contribution is -2.46. The number of carbonyl (C=O) groups excluding carboxylic acids is 1. The molecule has 3 rings (SSSR count). The largest absolute Gasteiger partial charge is 0.481 e. The summed E-state index contributed by atoms with van der Waals surface area (Å²) in [7, 11) is 0. The lowest BCUT2D eigenvalue weighted by molar-refractivity contribution is -0.144. The Hall–Kier alpha value is -1.43. The maximum Gasteiger partial charge on any atom is 0.306 e. The Morgan fingerprint density at radius 1 is 1.12 bits per heavy atom. The molecule has 1 aromatic carbocycles. The van der Waals surface area contributed by atoms with Crippen LogP contribution in [0.15, 0.2) is 22.7 Å². The van der Waals surface area contributed by atoms with Gasteiger partial charge in [0, 0.05) is 12.0 Å². The van der Waals surface area contributed by atoms with Gasteiger partial charge in [-0.2, -0.15) is 0 Å². The number of rotatable bonds is 4. The molecule has 2 fully saturated rings. The van der Waals surface area contributed by atoms with E-state index in [-0.39, 0.29) is 29.6 Å². The lowest BCUT2D eigenvalue weighted by Gasteiger charge is -2.37. The first kappa shape index (κ1) is 17.4. The Kier molecular flexibility index (Phi) is 5.23. The zero-order valence-electron chi connectivity index (χ0n) is 13.3. The minimum atomic E-state index is -0.749. The summed E-state index contributed by atoms with van der Waals surface area (Å²) in [6.45, 7) is 0. The van der Waals surface area contributed by atoms with Crippen molar-refractivity contribution in [1.29, 1.82) is 0 Å². The normalized spacial score (nSPS) is 29.6. The topological polar surface area (TPSA) is 66.4 Å². The molecule has 1 amide bonds. The molecule has 0 aromatic heterocycles. The number of benzene rings is 1. The summed E-state index contributed by atoms with van der Waals surface area (Å²) >= 11 is 3.20. The van der Waals surface area contributed by atoms with Gasteiger partial charge in [0.1, 0.15) is 5.82 Å². The van der Waals surface area contributed by atoms with Crippen LogP contribution in [-0.4, -0.2) is 23.0 Å². The van der Waals surface area contributed by atoms with Crippen LogP contribution in [0.5, 0.6) is 0 Å². The Balaban J connectivity index is 1.45. The maximum atomic E-state index is 13.3. The van der Waals surface area contributed by atoms with Crippen molar-refractivity contribution in [2.24, 2.45) is 11.8 Å². The fourth-order valence-electron chi connectivity index (χ4n) is 3.70. The molecule has 4 nitrogen and oxygen atoms in total. The zero-order valence-corrected chi connectivity index (χ0v) is 14.9. The smallest absolute Gasteiger partial charge is 0.306 e. The molecule has 0 saturated heterocycles. The number of carboxylic acids is 1.